The molecule has 0 radical (unpaired) electrons. The number of fused-ring (bicyclic) bond motifs is 3. The molecular weight excluding hydrogens is 468 g/mol. The largest absolute Gasteiger partial charge is 0.458 e. The minimum absolute atomic E-state index is 0.0752. The molecule has 0 spiro atoms. The number of amides is 2. The van der Waals surface area contributed by atoms with Crippen molar-refractivity contribution in [1.29, 1.82) is 0 Å². The van der Waals surface area contributed by atoms with Crippen LogP contribution >= 0.6 is 0 Å². The molecule has 0 aromatic heterocycles. The lowest BCUT2D eigenvalue weighted by atomic mass is 9.99. The highest BCUT2D eigenvalue weighted by Gasteiger charge is 2.45. The second kappa shape index (κ2) is 11.1. The van der Waals surface area contributed by atoms with Crippen LogP contribution < -0.4 is 5.32 Å². The molecule has 1 saturated heterocycles. The van der Waals surface area contributed by atoms with E-state index in [0.29, 0.717) is 24.8 Å². The Bertz CT molecular complexity index is 1040. The summed E-state index contributed by atoms with van der Waals surface area (Å²) in [6.45, 7) is 4.04. The maximum atomic E-state index is 12.9. The molecule has 3 aliphatic rings. The highest BCUT2D eigenvalue weighted by Crippen LogP contribution is 2.29. The number of ether oxygens (including phenoxy) is 3. The lowest BCUT2D eigenvalue weighted by molar-refractivity contribution is -0.160. The monoisotopic (exact) mass is 500 g/mol. The topological polar surface area (TPSA) is 131 Å². The first-order valence-electron chi connectivity index (χ1n) is 12.3. The van der Waals surface area contributed by atoms with Crippen LogP contribution in [-0.4, -0.2) is 77.5 Å². The fraction of sp³-hybridized carbons (Fsp3) is 0.538. The van der Waals surface area contributed by atoms with Crippen LogP contribution in [-0.2, 0) is 30.2 Å². The number of nitrogens with zero attached hydrogens (tertiary/aromatic N) is 1. The summed E-state index contributed by atoms with van der Waals surface area (Å²) in [5, 5.41) is 13.3. The van der Waals surface area contributed by atoms with Crippen molar-refractivity contribution in [2.45, 2.75) is 69.9 Å². The number of aliphatic hydroxyl groups excluding tert-OH is 1. The van der Waals surface area contributed by atoms with Gasteiger partial charge in [0, 0.05) is 12.5 Å². The lowest BCUT2D eigenvalue weighted by Gasteiger charge is -2.31. The summed E-state index contributed by atoms with van der Waals surface area (Å²) in [4.78, 5) is 52.0. The van der Waals surface area contributed by atoms with E-state index in [4.69, 9.17) is 14.2 Å². The van der Waals surface area contributed by atoms with Gasteiger partial charge < -0.3 is 29.5 Å². The molecule has 3 heterocycles. The molecule has 2 amide bonds. The van der Waals surface area contributed by atoms with Crippen LogP contribution in [0.25, 0.3) is 0 Å². The number of alkyl carbamates (subject to hydrolysis) is 1. The van der Waals surface area contributed by atoms with Gasteiger partial charge in [0.2, 0.25) is 5.91 Å². The summed E-state index contributed by atoms with van der Waals surface area (Å²) in [7, 11) is 0. The van der Waals surface area contributed by atoms with Gasteiger partial charge in [-0.2, -0.15) is 0 Å². The molecule has 10 nitrogen and oxygen atoms in total. The average molecular weight is 501 g/mol. The van der Waals surface area contributed by atoms with Crippen LogP contribution in [0.15, 0.2) is 36.4 Å². The fourth-order valence-corrected chi connectivity index (χ4v) is 4.85. The summed E-state index contributed by atoms with van der Waals surface area (Å²) in [5.74, 6) is -1.61. The fourth-order valence-electron chi connectivity index (χ4n) is 4.85. The van der Waals surface area contributed by atoms with Gasteiger partial charge in [0.1, 0.15) is 12.2 Å². The van der Waals surface area contributed by atoms with Crippen molar-refractivity contribution in [2.24, 2.45) is 5.92 Å². The SMILES string of the molecule is CC(C)C[C@@H]1NC(=O)OCCCc2cccc(c2)C(=O)O[C@H]2C=CC(=O)N3C[C@H](C[C@H]23)OC(=O)[C@@H]1O. The molecule has 36 heavy (non-hydrogen) atoms. The summed E-state index contributed by atoms with van der Waals surface area (Å²) < 4.78 is 16.5. The summed E-state index contributed by atoms with van der Waals surface area (Å²) in [5.41, 5.74) is 1.26. The molecule has 1 fully saturated rings. The van der Waals surface area contributed by atoms with Gasteiger partial charge in [-0.05, 0) is 49.0 Å². The van der Waals surface area contributed by atoms with Crippen molar-refractivity contribution >= 4 is 23.9 Å². The molecule has 3 aliphatic heterocycles. The molecule has 2 N–H and O–H groups in total. The second-order valence-electron chi connectivity index (χ2n) is 9.85. The Hall–Kier alpha value is -3.40. The standard InChI is InChI=1S/C26H32N2O8/c1-15(2)11-19-23(30)25(32)35-18-13-20-21(8-9-22(29)28(20)14-18)36-24(31)17-7-3-5-16(12-17)6-4-10-34-26(33)27-19/h3,5,7-9,12,15,18-21,23,30H,4,6,10-11,13-14H2,1-2H3,(H,27,33)/t18-,19-,20+,21-,23+/m0/s1. The van der Waals surface area contributed by atoms with Crippen molar-refractivity contribution in [3.05, 3.63) is 47.5 Å². The van der Waals surface area contributed by atoms with Gasteiger partial charge in [-0.1, -0.05) is 26.0 Å². The zero-order valence-corrected chi connectivity index (χ0v) is 20.4. The third-order valence-electron chi connectivity index (χ3n) is 6.58. The van der Waals surface area contributed by atoms with E-state index in [2.05, 4.69) is 5.32 Å². The van der Waals surface area contributed by atoms with Crippen LogP contribution in [0, 0.1) is 5.92 Å². The number of hydrogen-bond acceptors (Lipinski definition) is 8. The van der Waals surface area contributed by atoms with Crippen molar-refractivity contribution in [2.75, 3.05) is 13.2 Å². The number of hydrogen-bond donors (Lipinski definition) is 2. The van der Waals surface area contributed by atoms with Gasteiger partial charge in [-0.25, -0.2) is 14.4 Å². The van der Waals surface area contributed by atoms with Gasteiger partial charge in [-0.3, -0.25) is 4.79 Å². The van der Waals surface area contributed by atoms with Crippen molar-refractivity contribution in [1.82, 2.24) is 10.2 Å². The first kappa shape index (κ1) is 25.7. The number of rotatable bonds is 2. The number of nitrogens with one attached hydrogen (secondary N) is 1. The molecular formula is C26H32N2O8. The molecule has 194 valence electrons. The number of aliphatic hydroxyl groups is 1. The Morgan fingerprint density at radius 3 is 2.75 bits per heavy atom. The smallest absolute Gasteiger partial charge is 0.407 e. The molecule has 0 aliphatic carbocycles. The van der Waals surface area contributed by atoms with Crippen molar-refractivity contribution in [3.8, 4) is 0 Å². The van der Waals surface area contributed by atoms with E-state index in [1.807, 2.05) is 19.9 Å². The zero-order valence-electron chi connectivity index (χ0n) is 20.4. The Morgan fingerprint density at radius 1 is 1.17 bits per heavy atom. The van der Waals surface area contributed by atoms with Crippen LogP contribution in [0.4, 0.5) is 4.79 Å². The average Bonchev–Trinajstić information content (AvgIpc) is 3.27. The predicted molar refractivity (Wildman–Crippen MR) is 127 cm³/mol. The maximum absolute atomic E-state index is 12.9. The third-order valence-corrected chi connectivity index (χ3v) is 6.58. The number of carbonyl (C=O) groups excluding carboxylic acids is 4. The van der Waals surface area contributed by atoms with Crippen LogP contribution in [0.5, 0.6) is 0 Å². The van der Waals surface area contributed by atoms with Gasteiger partial charge in [0.05, 0.1) is 30.8 Å². The molecule has 0 unspecified atom stereocenters. The Labute approximate surface area is 209 Å². The minimum atomic E-state index is -1.61. The first-order chi connectivity index (χ1) is 17.2. The van der Waals surface area contributed by atoms with Crippen molar-refractivity contribution in [3.63, 3.8) is 0 Å². The number of esters is 2. The molecule has 5 atom stereocenters. The summed E-state index contributed by atoms with van der Waals surface area (Å²) in [6.07, 6.45) is 0.822. The van der Waals surface area contributed by atoms with Gasteiger partial charge in [-0.15, -0.1) is 0 Å². The molecule has 4 bridgehead atoms. The number of cyclic esters (lactones) is 1. The highest BCUT2D eigenvalue weighted by molar-refractivity contribution is 5.91. The van der Waals surface area contributed by atoms with Crippen LogP contribution in [0.2, 0.25) is 0 Å². The third kappa shape index (κ3) is 6.04. The van der Waals surface area contributed by atoms with Crippen LogP contribution in [0.3, 0.4) is 0 Å². The first-order valence-corrected chi connectivity index (χ1v) is 12.3. The number of benzene rings is 1. The number of carbonyl (C=O) groups is 4. The van der Waals surface area contributed by atoms with Crippen LogP contribution in [0.1, 0.15) is 49.0 Å². The number of aryl methyl sites for hydroxylation is 1. The summed E-state index contributed by atoms with van der Waals surface area (Å²) >= 11 is 0. The highest BCUT2D eigenvalue weighted by atomic mass is 16.6. The quantitative estimate of drug-likeness (QED) is 0.464. The Balaban J connectivity index is 1.58. The Morgan fingerprint density at radius 2 is 1.97 bits per heavy atom. The van der Waals surface area contributed by atoms with E-state index in [0.717, 1.165) is 5.56 Å². The van der Waals surface area contributed by atoms with Crippen molar-refractivity contribution < 1.29 is 38.5 Å². The van der Waals surface area contributed by atoms with E-state index in [1.54, 1.807) is 24.3 Å². The normalized spacial score (nSPS) is 29.4. The molecule has 1 aromatic rings. The van der Waals surface area contributed by atoms with Gasteiger partial charge in [0.15, 0.2) is 6.10 Å². The minimum Gasteiger partial charge on any atom is -0.458 e. The van der Waals surface area contributed by atoms with E-state index in [-0.39, 0.29) is 31.4 Å². The summed E-state index contributed by atoms with van der Waals surface area (Å²) in [6, 6.07) is 5.64. The molecule has 4 rings (SSSR count). The van der Waals surface area contributed by atoms with Gasteiger partial charge >= 0.3 is 18.0 Å². The molecule has 1 aromatic carbocycles. The maximum Gasteiger partial charge on any atom is 0.407 e. The lowest BCUT2D eigenvalue weighted by Crippen LogP contribution is -2.49. The van der Waals surface area contributed by atoms with Gasteiger partial charge in [0.25, 0.3) is 0 Å². The zero-order chi connectivity index (χ0) is 25.8. The molecule has 0 saturated carbocycles. The van der Waals surface area contributed by atoms with E-state index in [9.17, 15) is 24.3 Å². The Kier molecular flexibility index (Phi) is 7.93. The van der Waals surface area contributed by atoms with E-state index >= 15 is 0 Å². The molecule has 10 heteroatoms. The second-order valence-corrected chi connectivity index (χ2v) is 9.85. The van der Waals surface area contributed by atoms with E-state index in [1.165, 1.54) is 11.0 Å². The van der Waals surface area contributed by atoms with E-state index < -0.39 is 48.4 Å². The predicted octanol–water partition coefficient (Wildman–Crippen LogP) is 1.74.